The summed E-state index contributed by atoms with van der Waals surface area (Å²) in [4.78, 5) is 33.3. The predicted octanol–water partition coefficient (Wildman–Crippen LogP) is 1.17. The average molecular weight is 264 g/mol. The molecule has 0 spiro atoms. The summed E-state index contributed by atoms with van der Waals surface area (Å²) < 4.78 is 5.80. The van der Waals surface area contributed by atoms with Gasteiger partial charge in [0.15, 0.2) is 6.29 Å². The molecule has 0 aliphatic carbocycles. The van der Waals surface area contributed by atoms with Crippen LogP contribution >= 0.6 is 0 Å². The first-order valence-electron chi connectivity index (χ1n) is 5.89. The number of quaternary nitrogens is 1. The fourth-order valence-corrected chi connectivity index (χ4v) is 1.43. The standard InChI is InChI=1S/C14H18NO4/c1-15(2,3)6-7-19-14(18)13-5-4-11(9-16)8-12(13)10-17/h4-5,8-10H,6-7H2,1-3H3/q+1. The van der Waals surface area contributed by atoms with Gasteiger partial charge in [-0.1, -0.05) is 6.07 Å². The van der Waals surface area contributed by atoms with Gasteiger partial charge in [-0.05, 0) is 12.1 Å². The Labute approximate surface area is 112 Å². The molecule has 1 aromatic carbocycles. The van der Waals surface area contributed by atoms with Crippen molar-refractivity contribution in [2.45, 2.75) is 0 Å². The maximum Gasteiger partial charge on any atom is 0.339 e. The zero-order valence-electron chi connectivity index (χ0n) is 11.4. The van der Waals surface area contributed by atoms with E-state index in [1.165, 1.54) is 18.2 Å². The first-order chi connectivity index (χ1) is 8.87. The summed E-state index contributed by atoms with van der Waals surface area (Å²) in [5.74, 6) is -0.548. The minimum Gasteiger partial charge on any atom is -0.456 e. The highest BCUT2D eigenvalue weighted by Gasteiger charge is 2.15. The Morgan fingerprint density at radius 1 is 1.21 bits per heavy atom. The first-order valence-corrected chi connectivity index (χ1v) is 5.89. The van der Waals surface area contributed by atoms with E-state index in [4.69, 9.17) is 4.74 Å². The van der Waals surface area contributed by atoms with Gasteiger partial charge in [-0.2, -0.15) is 0 Å². The number of carbonyl (C=O) groups is 3. The number of ether oxygens (including phenoxy) is 1. The monoisotopic (exact) mass is 264 g/mol. The van der Waals surface area contributed by atoms with Gasteiger partial charge in [-0.25, -0.2) is 4.79 Å². The van der Waals surface area contributed by atoms with E-state index in [9.17, 15) is 14.4 Å². The molecule has 0 fully saturated rings. The molecule has 0 aromatic heterocycles. The second-order valence-corrected chi connectivity index (χ2v) is 5.23. The maximum absolute atomic E-state index is 11.8. The number of rotatable bonds is 6. The van der Waals surface area contributed by atoms with Crippen LogP contribution in [0.15, 0.2) is 18.2 Å². The van der Waals surface area contributed by atoms with E-state index < -0.39 is 5.97 Å². The SMILES string of the molecule is C[N+](C)(C)CCOC(=O)c1ccc(C=O)cc1C=O. The van der Waals surface area contributed by atoms with Crippen LogP contribution < -0.4 is 0 Å². The number of aldehydes is 2. The summed E-state index contributed by atoms with van der Waals surface area (Å²) in [6.45, 7) is 0.949. The van der Waals surface area contributed by atoms with Crippen LogP contribution in [0.5, 0.6) is 0 Å². The molecule has 0 saturated heterocycles. The van der Waals surface area contributed by atoms with Crippen molar-refractivity contribution in [3.05, 3.63) is 34.9 Å². The molecular formula is C14H18NO4+. The van der Waals surface area contributed by atoms with Crippen LogP contribution in [-0.2, 0) is 4.74 Å². The van der Waals surface area contributed by atoms with Crippen molar-refractivity contribution in [3.63, 3.8) is 0 Å². The molecule has 0 heterocycles. The second kappa shape index (κ2) is 6.24. The van der Waals surface area contributed by atoms with Gasteiger partial charge in [0.2, 0.25) is 0 Å². The Kier molecular flexibility index (Phi) is 4.94. The molecule has 0 saturated carbocycles. The number of hydrogen-bond donors (Lipinski definition) is 0. The molecule has 5 heteroatoms. The van der Waals surface area contributed by atoms with E-state index in [2.05, 4.69) is 0 Å². The van der Waals surface area contributed by atoms with Crippen LogP contribution in [0.4, 0.5) is 0 Å². The summed E-state index contributed by atoms with van der Waals surface area (Å²) in [5.41, 5.74) is 0.701. The lowest BCUT2D eigenvalue weighted by Crippen LogP contribution is -2.38. The third-order valence-corrected chi connectivity index (χ3v) is 2.55. The quantitative estimate of drug-likeness (QED) is 0.440. The molecule has 19 heavy (non-hydrogen) atoms. The lowest BCUT2D eigenvalue weighted by Gasteiger charge is -2.23. The van der Waals surface area contributed by atoms with Gasteiger partial charge in [0.25, 0.3) is 0 Å². The molecule has 5 nitrogen and oxygen atoms in total. The highest BCUT2D eigenvalue weighted by molar-refractivity contribution is 5.99. The van der Waals surface area contributed by atoms with Gasteiger partial charge < -0.3 is 9.22 Å². The van der Waals surface area contributed by atoms with E-state index in [-0.39, 0.29) is 17.7 Å². The Balaban J connectivity index is 2.77. The van der Waals surface area contributed by atoms with Crippen molar-refractivity contribution < 1.29 is 23.6 Å². The maximum atomic E-state index is 11.8. The van der Waals surface area contributed by atoms with E-state index >= 15 is 0 Å². The lowest BCUT2D eigenvalue weighted by molar-refractivity contribution is -0.870. The van der Waals surface area contributed by atoms with Gasteiger partial charge in [-0.3, -0.25) is 9.59 Å². The molecule has 1 aromatic rings. The highest BCUT2D eigenvalue weighted by atomic mass is 16.5. The Hall–Kier alpha value is -2.01. The van der Waals surface area contributed by atoms with E-state index in [0.29, 0.717) is 29.2 Å². The number of hydrogen-bond acceptors (Lipinski definition) is 4. The number of likely N-dealkylation sites (N-methyl/N-ethyl adjacent to an activating group) is 1. The Bertz CT molecular complexity index is 489. The Morgan fingerprint density at radius 2 is 1.89 bits per heavy atom. The summed E-state index contributed by atoms with van der Waals surface area (Å²) in [6.07, 6.45) is 1.17. The Morgan fingerprint density at radius 3 is 2.42 bits per heavy atom. The molecular weight excluding hydrogens is 246 g/mol. The fourth-order valence-electron chi connectivity index (χ4n) is 1.43. The largest absolute Gasteiger partial charge is 0.456 e. The van der Waals surface area contributed by atoms with Crippen molar-refractivity contribution >= 4 is 18.5 Å². The summed E-state index contributed by atoms with van der Waals surface area (Å²) >= 11 is 0. The van der Waals surface area contributed by atoms with Crippen LogP contribution in [0.25, 0.3) is 0 Å². The third kappa shape index (κ3) is 4.63. The average Bonchev–Trinajstić information content (AvgIpc) is 2.36. The van der Waals surface area contributed by atoms with Crippen LogP contribution in [0.2, 0.25) is 0 Å². The van der Waals surface area contributed by atoms with Gasteiger partial charge in [0.1, 0.15) is 19.4 Å². The molecule has 0 atom stereocenters. The summed E-state index contributed by atoms with van der Waals surface area (Å²) in [6, 6.07) is 4.29. The number of benzene rings is 1. The van der Waals surface area contributed by atoms with Gasteiger partial charge in [-0.15, -0.1) is 0 Å². The first kappa shape index (κ1) is 15.0. The van der Waals surface area contributed by atoms with Crippen LogP contribution in [0.3, 0.4) is 0 Å². The van der Waals surface area contributed by atoms with Gasteiger partial charge in [0.05, 0.1) is 26.7 Å². The fraction of sp³-hybridized carbons (Fsp3) is 0.357. The molecule has 0 bridgehead atoms. The summed E-state index contributed by atoms with van der Waals surface area (Å²) in [5, 5.41) is 0. The normalized spacial score (nSPS) is 10.9. The van der Waals surface area contributed by atoms with E-state index in [1.807, 2.05) is 21.1 Å². The van der Waals surface area contributed by atoms with Crippen molar-refractivity contribution in [2.24, 2.45) is 0 Å². The zero-order chi connectivity index (χ0) is 14.5. The third-order valence-electron chi connectivity index (χ3n) is 2.55. The lowest BCUT2D eigenvalue weighted by atomic mass is 10.1. The van der Waals surface area contributed by atoms with Gasteiger partial charge in [0, 0.05) is 11.1 Å². The van der Waals surface area contributed by atoms with Crippen molar-refractivity contribution in [1.82, 2.24) is 0 Å². The molecule has 102 valence electrons. The molecule has 0 radical (unpaired) electrons. The van der Waals surface area contributed by atoms with Gasteiger partial charge >= 0.3 is 5.97 Å². The molecule has 1 rings (SSSR count). The van der Waals surface area contributed by atoms with Crippen molar-refractivity contribution in [2.75, 3.05) is 34.3 Å². The molecule has 0 unspecified atom stereocenters. The van der Waals surface area contributed by atoms with Crippen LogP contribution in [0, 0.1) is 0 Å². The molecule has 0 aliphatic rings. The van der Waals surface area contributed by atoms with Crippen molar-refractivity contribution in [3.8, 4) is 0 Å². The van der Waals surface area contributed by atoms with Crippen molar-refractivity contribution in [1.29, 1.82) is 0 Å². The smallest absolute Gasteiger partial charge is 0.339 e. The van der Waals surface area contributed by atoms with E-state index in [1.54, 1.807) is 0 Å². The molecule has 0 amide bonds. The molecule has 0 N–H and O–H groups in total. The number of nitrogens with zero attached hydrogens (tertiary/aromatic N) is 1. The number of esters is 1. The topological polar surface area (TPSA) is 60.4 Å². The highest BCUT2D eigenvalue weighted by Crippen LogP contribution is 2.11. The minimum atomic E-state index is -0.548. The molecule has 0 aliphatic heterocycles. The van der Waals surface area contributed by atoms with E-state index in [0.717, 1.165) is 0 Å². The minimum absolute atomic E-state index is 0.167. The van der Waals surface area contributed by atoms with Crippen LogP contribution in [0.1, 0.15) is 31.1 Å². The zero-order valence-corrected chi connectivity index (χ0v) is 11.4. The van der Waals surface area contributed by atoms with Crippen LogP contribution in [-0.4, -0.2) is 57.3 Å². The predicted molar refractivity (Wildman–Crippen MR) is 70.4 cm³/mol. The number of carbonyl (C=O) groups excluding carboxylic acids is 3. The summed E-state index contributed by atoms with van der Waals surface area (Å²) in [7, 11) is 5.97. The second-order valence-electron chi connectivity index (χ2n) is 5.23.